The second-order valence-corrected chi connectivity index (χ2v) is 5.69. The quantitative estimate of drug-likeness (QED) is 0.284. The first-order valence-corrected chi connectivity index (χ1v) is 7.95. The maximum atomic E-state index is 4.23. The number of rotatable bonds is 3. The summed E-state index contributed by atoms with van der Waals surface area (Å²) < 4.78 is 4.32. The van der Waals surface area contributed by atoms with Gasteiger partial charge in [-0.25, -0.2) is 19.4 Å². The van der Waals surface area contributed by atoms with Crippen LogP contribution in [0.3, 0.4) is 0 Å². The van der Waals surface area contributed by atoms with E-state index in [0.717, 1.165) is 30.3 Å². The number of halogens is 2. The first kappa shape index (κ1) is 20.1. The van der Waals surface area contributed by atoms with Gasteiger partial charge in [0.2, 0.25) is 5.96 Å². The molecule has 3 heterocycles. The predicted octanol–water partition coefficient (Wildman–Crippen LogP) is -1.10. The summed E-state index contributed by atoms with van der Waals surface area (Å²) in [7, 11) is 2.08. The highest BCUT2D eigenvalue weighted by Crippen LogP contribution is 2.19. The lowest BCUT2D eigenvalue weighted by atomic mass is 10.1. The molecular weight excluding hydrogens is 460 g/mol. The van der Waals surface area contributed by atoms with E-state index in [-0.39, 0.29) is 34.0 Å². The van der Waals surface area contributed by atoms with Gasteiger partial charge in [0, 0.05) is 18.2 Å². The van der Waals surface area contributed by atoms with Crippen LogP contribution in [0.15, 0.2) is 65.0 Å². The molecule has 0 amide bonds. The van der Waals surface area contributed by atoms with Crippen LogP contribution in [0.5, 0.6) is 0 Å². The number of guanidine groups is 1. The van der Waals surface area contributed by atoms with Gasteiger partial charge < -0.3 is 22.3 Å². The summed E-state index contributed by atoms with van der Waals surface area (Å²) in [6.45, 7) is 1.67. The van der Waals surface area contributed by atoms with Gasteiger partial charge in [0.05, 0.1) is 26.0 Å². The summed E-state index contributed by atoms with van der Waals surface area (Å²) in [6.07, 6.45) is 6.00. The number of pyridine rings is 1. The van der Waals surface area contributed by atoms with E-state index in [1.54, 1.807) is 6.21 Å². The third-order valence-electron chi connectivity index (χ3n) is 4.10. The second-order valence-electron chi connectivity index (χ2n) is 5.69. The molecular formula is C18H20Br2N6. The number of aliphatic imine (C=N–C) groups is 1. The van der Waals surface area contributed by atoms with Crippen molar-refractivity contribution in [2.75, 3.05) is 13.1 Å². The molecule has 0 saturated heterocycles. The van der Waals surface area contributed by atoms with Gasteiger partial charge in [-0.2, -0.15) is 5.10 Å². The van der Waals surface area contributed by atoms with Crippen molar-refractivity contribution in [1.29, 1.82) is 0 Å². The summed E-state index contributed by atoms with van der Waals surface area (Å²) in [5.74, 6) is 0.732. The smallest absolute Gasteiger partial charge is 0.286 e. The molecule has 26 heavy (non-hydrogen) atoms. The zero-order chi connectivity index (χ0) is 16.4. The lowest BCUT2D eigenvalue weighted by molar-refractivity contribution is -0.510. The normalized spacial score (nSPS) is 13.0. The molecule has 0 atom stereocenters. The summed E-state index contributed by atoms with van der Waals surface area (Å²) >= 11 is 0. The second kappa shape index (κ2) is 8.95. The lowest BCUT2D eigenvalue weighted by Gasteiger charge is -2.00. The minimum atomic E-state index is 0. The van der Waals surface area contributed by atoms with Gasteiger partial charge in [0.25, 0.3) is 5.65 Å². The fourth-order valence-corrected chi connectivity index (χ4v) is 2.83. The Kier molecular flexibility index (Phi) is 6.93. The molecule has 1 aliphatic rings. The monoisotopic (exact) mass is 478 g/mol. The zero-order valence-corrected chi connectivity index (χ0v) is 17.6. The SMILES string of the molecule is Br.Cn1c(-c2ccc(/C=N/NC3=NCCN3)cc2)c[n+]2ccccc12.[Br-]. The van der Waals surface area contributed by atoms with Crippen LogP contribution in [0.25, 0.3) is 16.9 Å². The predicted molar refractivity (Wildman–Crippen MR) is 105 cm³/mol. The average molecular weight is 480 g/mol. The number of hydrogen-bond donors (Lipinski definition) is 2. The number of fused-ring (bicyclic) bond motifs is 1. The number of hydrogen-bond acceptors (Lipinski definition) is 4. The van der Waals surface area contributed by atoms with Gasteiger partial charge in [-0.3, -0.25) is 0 Å². The Hall–Kier alpha value is -2.19. The van der Waals surface area contributed by atoms with Gasteiger partial charge in [0.15, 0.2) is 5.69 Å². The Bertz CT molecular complexity index is 931. The van der Waals surface area contributed by atoms with Crippen molar-refractivity contribution in [3.63, 3.8) is 0 Å². The van der Waals surface area contributed by atoms with Crippen molar-refractivity contribution >= 4 is 34.8 Å². The van der Waals surface area contributed by atoms with Gasteiger partial charge in [-0.15, -0.1) is 17.0 Å². The van der Waals surface area contributed by atoms with Gasteiger partial charge in [-0.1, -0.05) is 18.2 Å². The maximum absolute atomic E-state index is 4.23. The molecule has 2 aromatic heterocycles. The van der Waals surface area contributed by atoms with Crippen LogP contribution in [-0.4, -0.2) is 29.8 Å². The molecule has 0 fully saturated rings. The van der Waals surface area contributed by atoms with Crippen LogP contribution in [0.1, 0.15) is 5.56 Å². The molecule has 3 aromatic rings. The standard InChI is InChI=1S/C18H19N6.2BrH/c1-23-16(13-24-11-3-2-4-17(23)24)15-7-5-14(6-8-15)12-21-22-18-19-9-10-20-18;;/h2-8,11-13H,9-10H2,1H3,(H2,19,20,22);2*1H/q+1;;/p-1/b21-12+;;. The number of nitrogens with zero attached hydrogens (tertiary/aromatic N) is 4. The fraction of sp³-hybridized carbons (Fsp3) is 0.167. The summed E-state index contributed by atoms with van der Waals surface area (Å²) in [6, 6.07) is 14.5. The minimum Gasteiger partial charge on any atom is -1.00 e. The van der Waals surface area contributed by atoms with Crippen molar-refractivity contribution in [3.05, 3.63) is 60.4 Å². The molecule has 6 nitrogen and oxygen atoms in total. The van der Waals surface area contributed by atoms with Crippen molar-refractivity contribution in [1.82, 2.24) is 15.3 Å². The highest BCUT2D eigenvalue weighted by molar-refractivity contribution is 8.93. The highest BCUT2D eigenvalue weighted by Gasteiger charge is 2.14. The van der Waals surface area contributed by atoms with E-state index < -0.39 is 0 Å². The molecule has 0 radical (unpaired) electrons. The van der Waals surface area contributed by atoms with E-state index in [4.69, 9.17) is 0 Å². The van der Waals surface area contributed by atoms with E-state index in [1.165, 1.54) is 11.3 Å². The third-order valence-corrected chi connectivity index (χ3v) is 4.10. The van der Waals surface area contributed by atoms with Gasteiger partial charge in [0.1, 0.15) is 6.20 Å². The molecule has 2 N–H and O–H groups in total. The Labute approximate surface area is 173 Å². The van der Waals surface area contributed by atoms with Gasteiger partial charge >= 0.3 is 0 Å². The third kappa shape index (κ3) is 4.13. The topological polar surface area (TPSA) is 57.8 Å². The summed E-state index contributed by atoms with van der Waals surface area (Å²) in [5.41, 5.74) is 7.45. The number of imidazole rings is 1. The van der Waals surface area contributed by atoms with E-state index in [1.807, 2.05) is 6.07 Å². The van der Waals surface area contributed by atoms with Crippen molar-refractivity contribution in [2.45, 2.75) is 0 Å². The molecule has 1 aromatic carbocycles. The van der Waals surface area contributed by atoms with Crippen molar-refractivity contribution < 1.29 is 21.4 Å². The van der Waals surface area contributed by atoms with Crippen LogP contribution in [-0.2, 0) is 7.05 Å². The number of hydrazone groups is 1. The first-order valence-electron chi connectivity index (χ1n) is 7.95. The molecule has 0 unspecified atom stereocenters. The minimum absolute atomic E-state index is 0. The number of benzene rings is 1. The van der Waals surface area contributed by atoms with Gasteiger partial charge in [-0.05, 0) is 23.8 Å². The van der Waals surface area contributed by atoms with E-state index in [2.05, 4.69) is 85.6 Å². The number of aromatic nitrogens is 2. The van der Waals surface area contributed by atoms with Crippen LogP contribution >= 0.6 is 17.0 Å². The molecule has 4 rings (SSSR count). The molecule has 0 bridgehead atoms. The molecule has 0 spiro atoms. The molecule has 0 saturated carbocycles. The number of aryl methyl sites for hydroxylation is 1. The Morgan fingerprint density at radius 3 is 2.73 bits per heavy atom. The largest absolute Gasteiger partial charge is 1.00 e. The van der Waals surface area contributed by atoms with Crippen LogP contribution in [0, 0.1) is 0 Å². The number of nitrogens with one attached hydrogen (secondary N) is 2. The molecule has 0 aliphatic carbocycles. The van der Waals surface area contributed by atoms with Crippen LogP contribution in [0.4, 0.5) is 0 Å². The Morgan fingerprint density at radius 1 is 1.23 bits per heavy atom. The van der Waals surface area contributed by atoms with E-state index >= 15 is 0 Å². The molecule has 8 heteroatoms. The van der Waals surface area contributed by atoms with Crippen LogP contribution < -0.4 is 32.1 Å². The zero-order valence-electron chi connectivity index (χ0n) is 14.3. The molecule has 136 valence electrons. The van der Waals surface area contributed by atoms with Crippen LogP contribution in [0.2, 0.25) is 0 Å². The Balaban J connectivity index is 0.00000121. The van der Waals surface area contributed by atoms with E-state index in [9.17, 15) is 0 Å². The Morgan fingerprint density at radius 2 is 2.04 bits per heavy atom. The average Bonchev–Trinajstić information content (AvgIpc) is 3.24. The highest BCUT2D eigenvalue weighted by atomic mass is 79.9. The molecule has 1 aliphatic heterocycles. The van der Waals surface area contributed by atoms with Crippen molar-refractivity contribution in [3.8, 4) is 11.3 Å². The first-order chi connectivity index (χ1) is 11.8. The summed E-state index contributed by atoms with van der Waals surface area (Å²) in [5, 5.41) is 7.31. The lowest BCUT2D eigenvalue weighted by Crippen LogP contribution is -3.00. The van der Waals surface area contributed by atoms with E-state index in [0.29, 0.717) is 0 Å². The maximum Gasteiger partial charge on any atom is 0.286 e. The fourth-order valence-electron chi connectivity index (χ4n) is 2.83. The van der Waals surface area contributed by atoms with Crippen molar-refractivity contribution in [2.24, 2.45) is 17.1 Å². The summed E-state index contributed by atoms with van der Waals surface area (Å²) in [4.78, 5) is 4.23.